The molecule has 0 aliphatic carbocycles. The topological polar surface area (TPSA) is 41.6 Å². The van der Waals surface area contributed by atoms with Gasteiger partial charge in [0.25, 0.3) is 0 Å². The molecule has 3 aliphatic heterocycles. The van der Waals surface area contributed by atoms with Gasteiger partial charge in [0.2, 0.25) is 5.91 Å². The van der Waals surface area contributed by atoms with Crippen LogP contribution in [0.15, 0.2) is 0 Å². The van der Waals surface area contributed by atoms with Crippen LogP contribution in [0.1, 0.15) is 39.0 Å². The fourth-order valence-electron chi connectivity index (χ4n) is 3.84. The summed E-state index contributed by atoms with van der Waals surface area (Å²) in [4.78, 5) is 14.7. The Morgan fingerprint density at radius 1 is 1.28 bits per heavy atom. The summed E-state index contributed by atoms with van der Waals surface area (Å²) in [6.45, 7) is 4.34. The molecule has 0 aromatic heterocycles. The van der Waals surface area contributed by atoms with Gasteiger partial charge in [-0.3, -0.25) is 4.79 Å². The van der Waals surface area contributed by atoms with Gasteiger partial charge in [-0.2, -0.15) is 0 Å². The van der Waals surface area contributed by atoms with E-state index >= 15 is 0 Å². The Kier molecular flexibility index (Phi) is 3.57. The largest absolute Gasteiger partial charge is 0.381 e. The molecule has 3 rings (SSSR count). The maximum absolute atomic E-state index is 12.5. The minimum absolute atomic E-state index is 0.123. The second-order valence-corrected chi connectivity index (χ2v) is 5.95. The van der Waals surface area contributed by atoms with Gasteiger partial charge in [0.1, 0.15) is 0 Å². The number of carbonyl (C=O) groups excluding carboxylic acids is 1. The number of rotatable bonds is 3. The molecule has 18 heavy (non-hydrogen) atoms. The van der Waals surface area contributed by atoms with Crippen molar-refractivity contribution >= 4 is 5.91 Å². The van der Waals surface area contributed by atoms with E-state index in [-0.39, 0.29) is 5.92 Å². The van der Waals surface area contributed by atoms with E-state index in [1.165, 1.54) is 12.8 Å². The molecule has 3 atom stereocenters. The Bertz CT molecular complexity index is 303. The Hall–Kier alpha value is -0.610. The maximum atomic E-state index is 12.5. The predicted octanol–water partition coefficient (Wildman–Crippen LogP) is 1.15. The zero-order chi connectivity index (χ0) is 12.5. The van der Waals surface area contributed by atoms with Gasteiger partial charge >= 0.3 is 0 Å². The molecule has 2 bridgehead atoms. The van der Waals surface area contributed by atoms with Gasteiger partial charge in [0.15, 0.2) is 0 Å². The molecule has 4 heteroatoms. The lowest BCUT2D eigenvalue weighted by atomic mass is 9.96. The van der Waals surface area contributed by atoms with Crippen LogP contribution in [0.5, 0.6) is 0 Å². The third-order valence-electron chi connectivity index (χ3n) is 4.79. The van der Waals surface area contributed by atoms with Crippen molar-refractivity contribution in [3.05, 3.63) is 0 Å². The minimum atomic E-state index is 0.123. The van der Waals surface area contributed by atoms with E-state index in [0.29, 0.717) is 30.6 Å². The first-order valence-electron chi connectivity index (χ1n) is 7.42. The van der Waals surface area contributed by atoms with E-state index in [4.69, 9.17) is 4.74 Å². The second-order valence-electron chi connectivity index (χ2n) is 5.95. The number of hydrogen-bond acceptors (Lipinski definition) is 3. The van der Waals surface area contributed by atoms with Gasteiger partial charge in [-0.1, -0.05) is 0 Å². The molecule has 1 N–H and O–H groups in total. The van der Waals surface area contributed by atoms with Crippen LogP contribution in [-0.2, 0) is 9.53 Å². The maximum Gasteiger partial charge on any atom is 0.228 e. The van der Waals surface area contributed by atoms with Crippen molar-refractivity contribution in [3.8, 4) is 0 Å². The predicted molar refractivity (Wildman–Crippen MR) is 69.3 cm³/mol. The number of hydrogen-bond donors (Lipinski definition) is 1. The Morgan fingerprint density at radius 3 is 2.56 bits per heavy atom. The molecule has 0 aromatic carbocycles. The Labute approximate surface area is 109 Å². The summed E-state index contributed by atoms with van der Waals surface area (Å²) in [6, 6.07) is 1.76. The Morgan fingerprint density at radius 2 is 2.00 bits per heavy atom. The van der Waals surface area contributed by atoms with Crippen LogP contribution in [0.3, 0.4) is 0 Å². The van der Waals surface area contributed by atoms with Crippen LogP contribution in [0, 0.1) is 5.92 Å². The average Bonchev–Trinajstić information content (AvgIpc) is 3.00. The summed E-state index contributed by atoms with van der Waals surface area (Å²) < 4.78 is 5.35. The van der Waals surface area contributed by atoms with Crippen molar-refractivity contribution in [2.24, 2.45) is 5.92 Å². The number of fused-ring (bicyclic) bond motifs is 2. The van der Waals surface area contributed by atoms with Crippen molar-refractivity contribution in [2.45, 2.75) is 57.2 Å². The highest BCUT2D eigenvalue weighted by atomic mass is 16.5. The summed E-state index contributed by atoms with van der Waals surface area (Å²) in [5.74, 6) is 0.457. The molecule has 3 unspecified atom stereocenters. The lowest BCUT2D eigenvalue weighted by Gasteiger charge is -2.38. The van der Waals surface area contributed by atoms with Crippen molar-refractivity contribution < 1.29 is 9.53 Å². The number of carbonyl (C=O) groups is 1. The molecule has 3 fully saturated rings. The van der Waals surface area contributed by atoms with Crippen molar-refractivity contribution in [1.82, 2.24) is 10.2 Å². The SMILES string of the molecule is CCN(C(=O)C1CCOC1)C1CC2CCC(C1)N2. The summed E-state index contributed by atoms with van der Waals surface area (Å²) in [5.41, 5.74) is 0. The first-order valence-corrected chi connectivity index (χ1v) is 7.42. The number of nitrogens with zero attached hydrogens (tertiary/aromatic N) is 1. The molecule has 102 valence electrons. The van der Waals surface area contributed by atoms with E-state index in [1.807, 2.05) is 0 Å². The molecule has 3 aliphatic rings. The number of ether oxygens (including phenoxy) is 1. The molecule has 0 aromatic rings. The lowest BCUT2D eigenvalue weighted by molar-refractivity contribution is -0.138. The quantitative estimate of drug-likeness (QED) is 0.819. The monoisotopic (exact) mass is 252 g/mol. The van der Waals surface area contributed by atoms with E-state index in [1.54, 1.807) is 0 Å². The van der Waals surface area contributed by atoms with Crippen molar-refractivity contribution in [2.75, 3.05) is 19.8 Å². The fourth-order valence-corrected chi connectivity index (χ4v) is 3.84. The second kappa shape index (κ2) is 5.17. The number of piperidine rings is 1. The molecule has 3 heterocycles. The van der Waals surface area contributed by atoms with Gasteiger partial charge in [0, 0.05) is 31.3 Å². The molecule has 3 saturated heterocycles. The summed E-state index contributed by atoms with van der Waals surface area (Å²) in [6.07, 6.45) is 5.78. The normalized spacial score (nSPS) is 38.9. The smallest absolute Gasteiger partial charge is 0.228 e. The van der Waals surface area contributed by atoms with Crippen LogP contribution < -0.4 is 5.32 Å². The third kappa shape index (κ3) is 2.28. The first-order chi connectivity index (χ1) is 8.78. The van der Waals surface area contributed by atoms with Gasteiger partial charge < -0.3 is 15.0 Å². The van der Waals surface area contributed by atoms with Crippen molar-refractivity contribution in [3.63, 3.8) is 0 Å². The summed E-state index contributed by atoms with van der Waals surface area (Å²) in [5, 5.41) is 3.65. The van der Waals surface area contributed by atoms with Crippen LogP contribution in [0.25, 0.3) is 0 Å². The third-order valence-corrected chi connectivity index (χ3v) is 4.79. The van der Waals surface area contributed by atoms with Crippen molar-refractivity contribution in [1.29, 1.82) is 0 Å². The molecular formula is C14H24N2O2. The molecule has 0 saturated carbocycles. The minimum Gasteiger partial charge on any atom is -0.381 e. The van der Waals surface area contributed by atoms with Crippen LogP contribution in [0.2, 0.25) is 0 Å². The molecule has 0 spiro atoms. The highest BCUT2D eigenvalue weighted by Crippen LogP contribution is 2.31. The van der Waals surface area contributed by atoms with Gasteiger partial charge in [-0.25, -0.2) is 0 Å². The first kappa shape index (κ1) is 12.4. The van der Waals surface area contributed by atoms with Crippen LogP contribution >= 0.6 is 0 Å². The summed E-state index contributed by atoms with van der Waals surface area (Å²) in [7, 11) is 0. The lowest BCUT2D eigenvalue weighted by Crippen LogP contribution is -2.51. The van der Waals surface area contributed by atoms with Crippen LogP contribution in [0.4, 0.5) is 0 Å². The van der Waals surface area contributed by atoms with Gasteiger partial charge in [-0.05, 0) is 39.0 Å². The van der Waals surface area contributed by atoms with Gasteiger partial charge in [0.05, 0.1) is 12.5 Å². The van der Waals surface area contributed by atoms with Crippen LogP contribution in [-0.4, -0.2) is 48.7 Å². The van der Waals surface area contributed by atoms with E-state index in [0.717, 1.165) is 32.4 Å². The van der Waals surface area contributed by atoms with E-state index < -0.39 is 0 Å². The standard InChI is InChI=1S/C14H24N2O2/c1-2-16(14(17)10-5-6-18-9-10)13-7-11-3-4-12(8-13)15-11/h10-13,15H,2-9H2,1H3. The van der Waals surface area contributed by atoms with Gasteiger partial charge in [-0.15, -0.1) is 0 Å². The number of amides is 1. The molecular weight excluding hydrogens is 228 g/mol. The number of nitrogens with one attached hydrogen (secondary N) is 1. The zero-order valence-corrected chi connectivity index (χ0v) is 11.2. The zero-order valence-electron chi connectivity index (χ0n) is 11.2. The van der Waals surface area contributed by atoms with E-state index in [2.05, 4.69) is 17.1 Å². The van der Waals surface area contributed by atoms with E-state index in [9.17, 15) is 4.79 Å². The fraction of sp³-hybridized carbons (Fsp3) is 0.929. The average molecular weight is 252 g/mol. The Balaban J connectivity index is 1.66. The molecule has 0 radical (unpaired) electrons. The highest BCUT2D eigenvalue weighted by Gasteiger charge is 2.39. The summed E-state index contributed by atoms with van der Waals surface area (Å²) >= 11 is 0. The molecule has 4 nitrogen and oxygen atoms in total. The molecule has 1 amide bonds. The highest BCUT2D eigenvalue weighted by molar-refractivity contribution is 5.79.